The molecule has 0 N–H and O–H groups in total. The van der Waals surface area contributed by atoms with E-state index < -0.39 is 0 Å². The first kappa shape index (κ1) is 15.8. The van der Waals surface area contributed by atoms with Gasteiger partial charge in [0.05, 0.1) is 39.6 Å². The molecule has 0 aromatic heterocycles. The maximum atomic E-state index is 5.35. The summed E-state index contributed by atoms with van der Waals surface area (Å²) in [6.07, 6.45) is 2.75. The van der Waals surface area contributed by atoms with Crippen molar-refractivity contribution in [1.29, 1.82) is 0 Å². The van der Waals surface area contributed by atoms with Crippen molar-refractivity contribution in [3.63, 3.8) is 0 Å². The van der Waals surface area contributed by atoms with E-state index in [4.69, 9.17) is 28.2 Å². The van der Waals surface area contributed by atoms with Gasteiger partial charge in [-0.05, 0) is 19.8 Å². The molecule has 0 unspecified atom stereocenters. The molecule has 0 aliphatic heterocycles. The minimum Gasteiger partial charge on any atom is -0.379 e. The topological polar surface area (TPSA) is 36.9 Å². The quantitative estimate of drug-likeness (QED) is 0.450. The third kappa shape index (κ3) is 13.8. The molecule has 0 rings (SSSR count). The van der Waals surface area contributed by atoms with E-state index in [0.717, 1.165) is 25.9 Å². The molecule has 0 aromatic rings. The Bertz CT molecular complexity index is 106. The highest BCUT2D eigenvalue weighted by Crippen LogP contribution is 1.93. The van der Waals surface area contributed by atoms with Crippen molar-refractivity contribution in [2.45, 2.75) is 19.3 Å². The zero-order chi connectivity index (χ0) is 11.9. The van der Waals surface area contributed by atoms with E-state index in [1.165, 1.54) is 0 Å². The maximum Gasteiger partial charge on any atom is 0.115 e. The van der Waals surface area contributed by atoms with Gasteiger partial charge in [0.15, 0.2) is 0 Å². The largest absolute Gasteiger partial charge is 0.379 e. The Hall–Kier alpha value is -0.160. The second kappa shape index (κ2) is 14.8. The van der Waals surface area contributed by atoms with Crippen molar-refractivity contribution in [2.75, 3.05) is 46.2 Å². The fraction of sp³-hybridized carbons (Fsp3) is 0.833. The highest BCUT2D eigenvalue weighted by atomic mass is 16.6. The molecule has 4 nitrogen and oxygen atoms in total. The van der Waals surface area contributed by atoms with Crippen LogP contribution in [0.25, 0.3) is 0 Å². The van der Waals surface area contributed by atoms with E-state index in [0.29, 0.717) is 39.6 Å². The highest BCUT2D eigenvalue weighted by molar-refractivity contribution is 4.42. The number of unbranched alkanes of at least 4 members (excludes halogenated alkanes) is 2. The maximum absolute atomic E-state index is 5.35. The zero-order valence-electron chi connectivity index (χ0n) is 9.86. The molecule has 4 radical (unpaired) electrons. The summed E-state index contributed by atoms with van der Waals surface area (Å²) in [6.45, 7) is 9.34. The molecule has 0 fully saturated rings. The third-order valence-electron chi connectivity index (χ3n) is 1.83. The summed E-state index contributed by atoms with van der Waals surface area (Å²) in [5.41, 5.74) is 0. The standard InChI is InChI=1S/C12H22O4/c1-3-4-5-6-14-9-10-16-12-11-15-8-7-13-2/h1-2H,3-12H2. The van der Waals surface area contributed by atoms with Gasteiger partial charge in [0.2, 0.25) is 0 Å². The van der Waals surface area contributed by atoms with Gasteiger partial charge in [-0.2, -0.15) is 0 Å². The molecule has 0 aromatic carbocycles. The van der Waals surface area contributed by atoms with Gasteiger partial charge in [-0.3, -0.25) is 0 Å². The molecular formula is C12H22O4. The molecule has 0 heterocycles. The molecule has 4 heteroatoms. The van der Waals surface area contributed by atoms with Crippen LogP contribution >= 0.6 is 0 Å². The summed E-state index contributed by atoms with van der Waals surface area (Å²) in [4.78, 5) is 0. The Labute approximate surface area is 99.2 Å². The van der Waals surface area contributed by atoms with Crippen LogP contribution in [-0.4, -0.2) is 46.2 Å². The third-order valence-corrected chi connectivity index (χ3v) is 1.83. The van der Waals surface area contributed by atoms with E-state index in [1.54, 1.807) is 0 Å². The number of hydrogen-bond donors (Lipinski definition) is 0. The van der Waals surface area contributed by atoms with Crippen molar-refractivity contribution in [1.82, 2.24) is 0 Å². The SMILES string of the molecule is [CH]CCCCOCCOCCOCCO[CH]. The van der Waals surface area contributed by atoms with Crippen molar-refractivity contribution in [3.05, 3.63) is 14.0 Å². The summed E-state index contributed by atoms with van der Waals surface area (Å²) in [5, 5.41) is 0. The van der Waals surface area contributed by atoms with E-state index >= 15 is 0 Å². The summed E-state index contributed by atoms with van der Waals surface area (Å²) >= 11 is 0. The fourth-order valence-corrected chi connectivity index (χ4v) is 0.997. The normalized spacial score (nSPS) is 10.9. The number of hydrogen-bond acceptors (Lipinski definition) is 4. The van der Waals surface area contributed by atoms with Gasteiger partial charge in [0.1, 0.15) is 7.11 Å². The number of ether oxygens (including phenoxy) is 4. The van der Waals surface area contributed by atoms with E-state index in [2.05, 4.69) is 4.74 Å². The van der Waals surface area contributed by atoms with Crippen LogP contribution in [0.3, 0.4) is 0 Å². The lowest BCUT2D eigenvalue weighted by molar-refractivity contribution is 0.00573. The Morgan fingerprint density at radius 2 is 1.12 bits per heavy atom. The molecule has 0 saturated heterocycles. The minimum atomic E-state index is 0.407. The van der Waals surface area contributed by atoms with Crippen LogP contribution in [0, 0.1) is 14.0 Å². The molecule has 0 bridgehead atoms. The van der Waals surface area contributed by atoms with Crippen molar-refractivity contribution in [2.24, 2.45) is 0 Å². The lowest BCUT2D eigenvalue weighted by atomic mass is 10.3. The molecule has 0 saturated carbocycles. The van der Waals surface area contributed by atoms with Gasteiger partial charge in [0, 0.05) is 6.61 Å². The fourth-order valence-electron chi connectivity index (χ4n) is 0.997. The number of rotatable bonds is 13. The summed E-state index contributed by atoms with van der Waals surface area (Å²) in [6, 6.07) is 0. The molecule has 0 amide bonds. The van der Waals surface area contributed by atoms with Crippen LogP contribution in [0.4, 0.5) is 0 Å². The first-order valence-electron chi connectivity index (χ1n) is 5.66. The predicted molar refractivity (Wildman–Crippen MR) is 60.9 cm³/mol. The first-order chi connectivity index (χ1) is 7.91. The van der Waals surface area contributed by atoms with Crippen LogP contribution in [0.15, 0.2) is 0 Å². The Morgan fingerprint density at radius 3 is 1.62 bits per heavy atom. The first-order valence-corrected chi connectivity index (χ1v) is 5.66. The highest BCUT2D eigenvalue weighted by Gasteiger charge is 1.91. The summed E-state index contributed by atoms with van der Waals surface area (Å²) in [5.74, 6) is 0. The van der Waals surface area contributed by atoms with E-state index in [9.17, 15) is 0 Å². The smallest absolute Gasteiger partial charge is 0.115 e. The van der Waals surface area contributed by atoms with Crippen molar-refractivity contribution >= 4 is 0 Å². The van der Waals surface area contributed by atoms with Gasteiger partial charge in [0.25, 0.3) is 0 Å². The average molecular weight is 230 g/mol. The van der Waals surface area contributed by atoms with Crippen LogP contribution < -0.4 is 0 Å². The Morgan fingerprint density at radius 1 is 0.625 bits per heavy atom. The van der Waals surface area contributed by atoms with E-state index in [1.807, 2.05) is 0 Å². The second-order valence-electron chi connectivity index (χ2n) is 3.20. The molecule has 16 heavy (non-hydrogen) atoms. The van der Waals surface area contributed by atoms with Crippen LogP contribution in [0.5, 0.6) is 0 Å². The van der Waals surface area contributed by atoms with Crippen molar-refractivity contribution in [3.8, 4) is 0 Å². The monoisotopic (exact) mass is 230 g/mol. The van der Waals surface area contributed by atoms with Crippen molar-refractivity contribution < 1.29 is 18.9 Å². The lowest BCUT2D eigenvalue weighted by Gasteiger charge is -2.06. The predicted octanol–water partition coefficient (Wildman–Crippen LogP) is 1.60. The average Bonchev–Trinajstić information content (AvgIpc) is 2.31. The van der Waals surface area contributed by atoms with Crippen LogP contribution in [0.2, 0.25) is 0 Å². The summed E-state index contributed by atoms with van der Waals surface area (Å²) in [7, 11) is 4.82. The van der Waals surface area contributed by atoms with Gasteiger partial charge in [-0.25, -0.2) is 0 Å². The molecule has 94 valence electrons. The molecule has 0 aliphatic rings. The summed E-state index contributed by atoms with van der Waals surface area (Å²) < 4.78 is 20.1. The second-order valence-corrected chi connectivity index (χ2v) is 3.20. The van der Waals surface area contributed by atoms with Gasteiger partial charge in [-0.15, -0.1) is 0 Å². The lowest BCUT2D eigenvalue weighted by Crippen LogP contribution is -2.11. The van der Waals surface area contributed by atoms with Crippen LogP contribution in [0.1, 0.15) is 19.3 Å². The van der Waals surface area contributed by atoms with Crippen LogP contribution in [-0.2, 0) is 18.9 Å². The zero-order valence-corrected chi connectivity index (χ0v) is 9.86. The Balaban J connectivity index is 2.83. The Kier molecular flexibility index (Phi) is 14.7. The van der Waals surface area contributed by atoms with Gasteiger partial charge in [-0.1, -0.05) is 6.42 Å². The van der Waals surface area contributed by atoms with Gasteiger partial charge >= 0.3 is 0 Å². The van der Waals surface area contributed by atoms with E-state index in [-0.39, 0.29) is 0 Å². The molecule has 0 aliphatic carbocycles. The minimum absolute atomic E-state index is 0.407. The van der Waals surface area contributed by atoms with Gasteiger partial charge < -0.3 is 18.9 Å². The molecule has 0 spiro atoms. The molecular weight excluding hydrogens is 208 g/mol. The molecule has 0 atom stereocenters.